The van der Waals surface area contributed by atoms with Crippen molar-refractivity contribution in [3.05, 3.63) is 6.23 Å². The number of likely N-dealkylation sites (N-methyl/N-ethyl adjacent to an activating group) is 1. The summed E-state index contributed by atoms with van der Waals surface area (Å²) >= 11 is 0. The predicted molar refractivity (Wildman–Crippen MR) is 30.6 cm³/mol. The first-order valence-electron chi connectivity index (χ1n) is 2.53. The molecule has 0 aliphatic heterocycles. The van der Waals surface area contributed by atoms with E-state index in [9.17, 15) is 0 Å². The molecule has 0 aliphatic carbocycles. The molecule has 0 spiro atoms. The van der Waals surface area contributed by atoms with Gasteiger partial charge in [-0.2, -0.15) is 0 Å². The van der Waals surface area contributed by atoms with Crippen LogP contribution in [-0.2, 0) is 0 Å². The lowest BCUT2D eigenvalue weighted by Crippen LogP contribution is -2.24. The van der Waals surface area contributed by atoms with Gasteiger partial charge in [0.15, 0.2) is 6.23 Å². The van der Waals surface area contributed by atoms with Crippen LogP contribution in [0.15, 0.2) is 0 Å². The molecule has 1 radical (unpaired) electrons. The summed E-state index contributed by atoms with van der Waals surface area (Å²) in [7, 11) is 1.71. The van der Waals surface area contributed by atoms with Crippen LogP contribution in [-0.4, -0.2) is 35.3 Å². The molecule has 0 aromatic heterocycles. The van der Waals surface area contributed by atoms with Gasteiger partial charge in [0.1, 0.15) is 0 Å². The molecule has 2 N–H and O–H groups in total. The highest BCUT2D eigenvalue weighted by Gasteiger charge is 2.02. The fourth-order valence-electron chi connectivity index (χ4n) is 0.312. The van der Waals surface area contributed by atoms with Crippen LogP contribution < -0.4 is 0 Å². The summed E-state index contributed by atoms with van der Waals surface area (Å²) in [5.74, 6) is 0. The van der Waals surface area contributed by atoms with E-state index >= 15 is 0 Å². The molecule has 0 fully saturated rings. The maximum Gasteiger partial charge on any atom is 0.158 e. The molecule has 0 aromatic rings. The van der Waals surface area contributed by atoms with Crippen LogP contribution in [0, 0.1) is 6.23 Å². The molecule has 0 heterocycles. The Morgan fingerprint density at radius 1 is 1.62 bits per heavy atom. The van der Waals surface area contributed by atoms with E-state index in [1.165, 1.54) is 0 Å². The van der Waals surface area contributed by atoms with Gasteiger partial charge in [-0.15, -0.1) is 0 Å². The Kier molecular flexibility index (Phi) is 3.77. The van der Waals surface area contributed by atoms with E-state index in [2.05, 4.69) is 0 Å². The van der Waals surface area contributed by atoms with Crippen molar-refractivity contribution in [3.8, 4) is 0 Å². The minimum atomic E-state index is 0.0778. The molecule has 0 bridgehead atoms. The summed E-state index contributed by atoms with van der Waals surface area (Å²) in [6.07, 6.45) is 0.235. The van der Waals surface area contributed by atoms with Gasteiger partial charge in [0, 0.05) is 6.54 Å². The van der Waals surface area contributed by atoms with Gasteiger partial charge in [-0.25, -0.2) is 0 Å². The van der Waals surface area contributed by atoms with E-state index in [0.29, 0.717) is 6.54 Å². The highest BCUT2D eigenvalue weighted by atomic mass is 16.3. The van der Waals surface area contributed by atoms with Gasteiger partial charge < -0.3 is 10.2 Å². The van der Waals surface area contributed by atoms with Crippen molar-refractivity contribution in [2.75, 3.05) is 20.2 Å². The molecule has 3 heteroatoms. The lowest BCUT2D eigenvalue weighted by molar-refractivity contribution is 0.122. The average molecular weight is 118 g/mol. The first-order valence-corrected chi connectivity index (χ1v) is 2.53. The molecule has 0 aromatic carbocycles. The van der Waals surface area contributed by atoms with Gasteiger partial charge in [0.05, 0.1) is 6.61 Å². The zero-order valence-electron chi connectivity index (χ0n) is 5.26. The van der Waals surface area contributed by atoms with Crippen molar-refractivity contribution in [2.24, 2.45) is 0 Å². The van der Waals surface area contributed by atoms with E-state index in [1.807, 2.05) is 0 Å². The van der Waals surface area contributed by atoms with Crippen LogP contribution >= 0.6 is 0 Å². The SMILES string of the molecule is C[C](O)N(C)CCO. The van der Waals surface area contributed by atoms with Crippen LogP contribution in [0.1, 0.15) is 6.92 Å². The number of hydrogen-bond acceptors (Lipinski definition) is 3. The van der Waals surface area contributed by atoms with Gasteiger partial charge in [0.25, 0.3) is 0 Å². The van der Waals surface area contributed by atoms with Crippen molar-refractivity contribution in [1.82, 2.24) is 4.90 Å². The van der Waals surface area contributed by atoms with E-state index < -0.39 is 0 Å². The lowest BCUT2D eigenvalue weighted by atomic mass is 10.5. The standard InChI is InChI=1S/C5H12NO2/c1-5(8)6(2)3-4-7/h7-8H,3-4H2,1-2H3. The summed E-state index contributed by atoms with van der Waals surface area (Å²) in [6.45, 7) is 2.15. The van der Waals surface area contributed by atoms with Crippen molar-refractivity contribution < 1.29 is 10.2 Å². The van der Waals surface area contributed by atoms with Gasteiger partial charge in [0.2, 0.25) is 0 Å². The molecule has 0 rings (SSSR count). The first-order chi connectivity index (χ1) is 3.68. The third-order valence-electron chi connectivity index (χ3n) is 0.988. The van der Waals surface area contributed by atoms with Crippen LogP contribution in [0.3, 0.4) is 0 Å². The molecule has 8 heavy (non-hydrogen) atoms. The topological polar surface area (TPSA) is 43.7 Å². The average Bonchev–Trinajstić information content (AvgIpc) is 1.67. The van der Waals surface area contributed by atoms with Crippen LogP contribution in [0.2, 0.25) is 0 Å². The third kappa shape index (κ3) is 2.96. The van der Waals surface area contributed by atoms with E-state index in [-0.39, 0.29) is 12.8 Å². The van der Waals surface area contributed by atoms with Crippen molar-refractivity contribution in [1.29, 1.82) is 0 Å². The largest absolute Gasteiger partial charge is 0.395 e. The van der Waals surface area contributed by atoms with Gasteiger partial charge in [-0.3, -0.25) is 4.90 Å². The number of hydrogen-bond donors (Lipinski definition) is 2. The fraction of sp³-hybridized carbons (Fsp3) is 0.800. The maximum absolute atomic E-state index is 8.68. The van der Waals surface area contributed by atoms with Crippen LogP contribution in [0.4, 0.5) is 0 Å². The van der Waals surface area contributed by atoms with Gasteiger partial charge in [-0.05, 0) is 14.0 Å². The van der Waals surface area contributed by atoms with E-state index in [0.717, 1.165) is 0 Å². The quantitative estimate of drug-likeness (QED) is 0.539. The summed E-state index contributed by atoms with van der Waals surface area (Å²) < 4.78 is 0. The predicted octanol–water partition coefficient (Wildman–Crippen LogP) is -0.208. The highest BCUT2D eigenvalue weighted by Crippen LogP contribution is 1.95. The zero-order chi connectivity index (χ0) is 6.57. The molecular formula is C5H12NO2. The lowest BCUT2D eigenvalue weighted by Gasteiger charge is -2.15. The molecule has 0 atom stereocenters. The second-order valence-electron chi connectivity index (χ2n) is 1.69. The molecule has 0 saturated heterocycles. The second kappa shape index (κ2) is 3.83. The smallest absolute Gasteiger partial charge is 0.158 e. The Bertz CT molecular complexity index is 56.4. The van der Waals surface area contributed by atoms with Crippen molar-refractivity contribution in [3.63, 3.8) is 0 Å². The van der Waals surface area contributed by atoms with Gasteiger partial charge in [-0.1, -0.05) is 0 Å². The number of rotatable bonds is 3. The molecular weight excluding hydrogens is 106 g/mol. The monoisotopic (exact) mass is 118 g/mol. The molecule has 0 saturated carbocycles. The maximum atomic E-state index is 8.68. The molecule has 0 unspecified atom stereocenters. The van der Waals surface area contributed by atoms with Crippen LogP contribution in [0.25, 0.3) is 0 Å². The normalized spacial score (nSPS) is 11.2. The van der Waals surface area contributed by atoms with Crippen LogP contribution in [0.5, 0.6) is 0 Å². The number of aliphatic hydroxyl groups excluding tert-OH is 2. The summed E-state index contributed by atoms with van der Waals surface area (Å²) in [4.78, 5) is 1.57. The Morgan fingerprint density at radius 3 is 2.25 bits per heavy atom. The molecule has 49 valence electrons. The Balaban J connectivity index is 3.17. The number of aliphatic hydroxyl groups is 2. The third-order valence-corrected chi connectivity index (χ3v) is 0.988. The fourth-order valence-corrected chi connectivity index (χ4v) is 0.312. The van der Waals surface area contributed by atoms with E-state index in [1.54, 1.807) is 18.9 Å². The van der Waals surface area contributed by atoms with E-state index in [4.69, 9.17) is 10.2 Å². The molecule has 0 amide bonds. The van der Waals surface area contributed by atoms with Crippen molar-refractivity contribution >= 4 is 0 Å². The Morgan fingerprint density at radius 2 is 2.12 bits per heavy atom. The molecule has 0 aliphatic rings. The second-order valence-corrected chi connectivity index (χ2v) is 1.69. The Labute approximate surface area is 49.5 Å². The van der Waals surface area contributed by atoms with Gasteiger partial charge >= 0.3 is 0 Å². The highest BCUT2D eigenvalue weighted by molar-refractivity contribution is 4.65. The summed E-state index contributed by atoms with van der Waals surface area (Å²) in [5, 5.41) is 17.0. The number of nitrogens with zero attached hydrogens (tertiary/aromatic N) is 1. The minimum Gasteiger partial charge on any atom is -0.395 e. The molecule has 3 nitrogen and oxygen atoms in total. The summed E-state index contributed by atoms with van der Waals surface area (Å²) in [5.41, 5.74) is 0. The summed E-state index contributed by atoms with van der Waals surface area (Å²) in [6, 6.07) is 0. The minimum absolute atomic E-state index is 0.0778. The zero-order valence-corrected chi connectivity index (χ0v) is 5.26. The first kappa shape index (κ1) is 7.88. The van der Waals surface area contributed by atoms with Crippen molar-refractivity contribution in [2.45, 2.75) is 6.92 Å². The Hall–Kier alpha value is -0.120.